The summed E-state index contributed by atoms with van der Waals surface area (Å²) in [5.74, 6) is -0.291. The van der Waals surface area contributed by atoms with E-state index in [9.17, 15) is 9.59 Å². The lowest BCUT2D eigenvalue weighted by Gasteiger charge is -2.16. The number of hydrogen-bond donors (Lipinski definition) is 2. The summed E-state index contributed by atoms with van der Waals surface area (Å²) in [4.78, 5) is 26.0. The van der Waals surface area contributed by atoms with Crippen molar-refractivity contribution in [2.45, 2.75) is 30.4 Å². The molecule has 0 fully saturated rings. The van der Waals surface area contributed by atoms with Crippen LogP contribution in [0, 0.1) is 6.92 Å². The van der Waals surface area contributed by atoms with Crippen molar-refractivity contribution in [2.75, 3.05) is 10.6 Å². The number of thioether (sulfide) groups is 1. The Morgan fingerprint density at radius 1 is 1.00 bits per heavy atom. The van der Waals surface area contributed by atoms with E-state index in [-0.39, 0.29) is 17.1 Å². The van der Waals surface area contributed by atoms with E-state index in [0.29, 0.717) is 22.8 Å². The Hall–Kier alpha value is -3.02. The molecule has 2 N–H and O–H groups in total. The summed E-state index contributed by atoms with van der Waals surface area (Å²) >= 11 is 7.53. The van der Waals surface area contributed by atoms with Crippen LogP contribution in [0.5, 0.6) is 0 Å². The van der Waals surface area contributed by atoms with Crippen LogP contribution < -0.4 is 10.6 Å². The van der Waals surface area contributed by atoms with Gasteiger partial charge < -0.3 is 10.6 Å². The van der Waals surface area contributed by atoms with Crippen molar-refractivity contribution in [3.05, 3.63) is 95.0 Å². The zero-order chi connectivity index (χ0) is 22.9. The maximum atomic E-state index is 12.8. The lowest BCUT2D eigenvalue weighted by atomic mass is 10.2. The quantitative estimate of drug-likeness (QED) is 0.284. The van der Waals surface area contributed by atoms with Crippen LogP contribution in [0.3, 0.4) is 0 Å². The predicted molar refractivity (Wildman–Crippen MR) is 135 cm³/mol. The summed E-state index contributed by atoms with van der Waals surface area (Å²) in [6.07, 6.45) is 3.93. The number of hydrogen-bond acceptors (Lipinski definition) is 3. The fraction of sp³-hybridized carbons (Fsp3) is 0.154. The molecule has 0 aliphatic rings. The van der Waals surface area contributed by atoms with Gasteiger partial charge in [-0.3, -0.25) is 9.59 Å². The third-order valence-corrected chi connectivity index (χ3v) is 6.32. The molecule has 0 spiro atoms. The van der Waals surface area contributed by atoms with Gasteiger partial charge in [0.05, 0.1) is 5.25 Å². The summed E-state index contributed by atoms with van der Waals surface area (Å²) in [6.45, 7) is 3.90. The first-order valence-electron chi connectivity index (χ1n) is 10.3. The van der Waals surface area contributed by atoms with Crippen LogP contribution in [0.1, 0.15) is 24.5 Å². The number of halogens is 1. The normalized spacial score (nSPS) is 11.8. The van der Waals surface area contributed by atoms with Gasteiger partial charge in [-0.2, -0.15) is 0 Å². The molecule has 3 aromatic rings. The summed E-state index contributed by atoms with van der Waals surface area (Å²) in [7, 11) is 0. The first kappa shape index (κ1) is 23.6. The monoisotopic (exact) mass is 464 g/mol. The highest BCUT2D eigenvalue weighted by Crippen LogP contribution is 2.29. The van der Waals surface area contributed by atoms with Crippen LogP contribution >= 0.6 is 23.4 Å². The minimum Gasteiger partial charge on any atom is -0.325 e. The molecule has 4 nitrogen and oxygen atoms in total. The molecule has 0 aliphatic carbocycles. The molecule has 0 radical (unpaired) electrons. The molecule has 2 amide bonds. The first-order chi connectivity index (χ1) is 15.4. The lowest BCUT2D eigenvalue weighted by Crippen LogP contribution is -2.25. The molecule has 1 atom stereocenters. The third-order valence-electron chi connectivity index (χ3n) is 4.73. The number of nitrogens with one attached hydrogen (secondary N) is 2. The highest BCUT2D eigenvalue weighted by Gasteiger charge is 2.19. The highest BCUT2D eigenvalue weighted by molar-refractivity contribution is 8.00. The number of benzene rings is 3. The smallest absolute Gasteiger partial charge is 0.248 e. The largest absolute Gasteiger partial charge is 0.325 e. The van der Waals surface area contributed by atoms with Crippen molar-refractivity contribution >= 4 is 52.6 Å². The van der Waals surface area contributed by atoms with Crippen molar-refractivity contribution in [1.82, 2.24) is 0 Å². The zero-order valence-corrected chi connectivity index (χ0v) is 19.5. The summed E-state index contributed by atoms with van der Waals surface area (Å²) < 4.78 is 0. The van der Waals surface area contributed by atoms with Gasteiger partial charge >= 0.3 is 0 Å². The Labute approximate surface area is 198 Å². The van der Waals surface area contributed by atoms with Crippen molar-refractivity contribution in [1.29, 1.82) is 0 Å². The molecule has 3 rings (SSSR count). The van der Waals surface area contributed by atoms with Gasteiger partial charge in [0.1, 0.15) is 0 Å². The topological polar surface area (TPSA) is 58.2 Å². The minimum absolute atomic E-state index is 0.0805. The fourth-order valence-corrected chi connectivity index (χ4v) is 4.18. The maximum Gasteiger partial charge on any atom is 0.248 e. The SMILES string of the molecule is CCC(Sc1cccc(NC(=O)/C=C/c2ccccc2)c1)C(=O)Nc1cc(Cl)ccc1C. The molecule has 1 unspecified atom stereocenters. The van der Waals surface area contributed by atoms with Crippen LogP contribution in [0.4, 0.5) is 11.4 Å². The third kappa shape index (κ3) is 7.01. The van der Waals surface area contributed by atoms with Crippen molar-refractivity contribution in [3.8, 4) is 0 Å². The van der Waals surface area contributed by atoms with E-state index >= 15 is 0 Å². The van der Waals surface area contributed by atoms with Gasteiger partial charge in [0.2, 0.25) is 11.8 Å². The summed E-state index contributed by atoms with van der Waals surface area (Å²) in [6, 6.07) is 22.6. The maximum absolute atomic E-state index is 12.8. The summed E-state index contributed by atoms with van der Waals surface area (Å²) in [5, 5.41) is 6.15. The summed E-state index contributed by atoms with van der Waals surface area (Å²) in [5.41, 5.74) is 3.31. The lowest BCUT2D eigenvalue weighted by molar-refractivity contribution is -0.115. The Morgan fingerprint density at radius 3 is 2.53 bits per heavy atom. The molecule has 6 heteroatoms. The number of amides is 2. The van der Waals surface area contributed by atoms with Crippen LogP contribution in [-0.4, -0.2) is 17.1 Å². The molecule has 3 aromatic carbocycles. The van der Waals surface area contributed by atoms with E-state index in [4.69, 9.17) is 11.6 Å². The number of carbonyl (C=O) groups is 2. The fourth-order valence-electron chi connectivity index (χ4n) is 3.00. The van der Waals surface area contributed by atoms with Gasteiger partial charge in [-0.15, -0.1) is 11.8 Å². The molecular formula is C26H25ClN2O2S. The van der Waals surface area contributed by atoms with E-state index in [2.05, 4.69) is 10.6 Å². The average Bonchev–Trinajstić information content (AvgIpc) is 2.79. The number of aryl methyl sites for hydroxylation is 1. The molecule has 164 valence electrons. The molecule has 0 aromatic heterocycles. The standard InChI is InChI=1S/C26H25ClN2O2S/c1-3-24(26(31)29-23-16-20(27)14-12-18(23)2)32-22-11-7-10-21(17-22)28-25(30)15-13-19-8-5-4-6-9-19/h4-17,24H,3H2,1-2H3,(H,28,30)(H,29,31)/b15-13+. The number of rotatable bonds is 8. The average molecular weight is 465 g/mol. The molecule has 0 heterocycles. The van der Waals surface area contributed by atoms with E-state index in [0.717, 1.165) is 16.0 Å². The van der Waals surface area contributed by atoms with Crippen molar-refractivity contribution in [3.63, 3.8) is 0 Å². The molecule has 32 heavy (non-hydrogen) atoms. The van der Waals surface area contributed by atoms with Crippen molar-refractivity contribution < 1.29 is 9.59 Å². The van der Waals surface area contributed by atoms with E-state index in [1.807, 2.05) is 74.5 Å². The van der Waals surface area contributed by atoms with Gasteiger partial charge in [0.25, 0.3) is 0 Å². The van der Waals surface area contributed by atoms with E-state index in [1.165, 1.54) is 17.8 Å². The van der Waals surface area contributed by atoms with E-state index < -0.39 is 0 Å². The second-order valence-electron chi connectivity index (χ2n) is 7.22. The van der Waals surface area contributed by atoms with Crippen LogP contribution in [0.25, 0.3) is 6.08 Å². The molecule has 0 aliphatic heterocycles. The first-order valence-corrected chi connectivity index (χ1v) is 11.6. The Bertz CT molecular complexity index is 1120. The number of carbonyl (C=O) groups excluding carboxylic acids is 2. The van der Waals surface area contributed by atoms with Gasteiger partial charge in [0.15, 0.2) is 0 Å². The second-order valence-corrected chi connectivity index (χ2v) is 8.94. The molecule has 0 saturated carbocycles. The Morgan fingerprint density at radius 2 is 1.78 bits per heavy atom. The van der Waals surface area contributed by atoms with Gasteiger partial charge in [0, 0.05) is 27.4 Å². The Balaban J connectivity index is 1.63. The zero-order valence-electron chi connectivity index (χ0n) is 18.0. The van der Waals surface area contributed by atoms with Crippen LogP contribution in [0.2, 0.25) is 5.02 Å². The van der Waals surface area contributed by atoms with Crippen molar-refractivity contribution in [2.24, 2.45) is 0 Å². The van der Waals surface area contributed by atoms with E-state index in [1.54, 1.807) is 18.2 Å². The molecule has 0 saturated heterocycles. The minimum atomic E-state index is -0.280. The van der Waals surface area contributed by atoms with Gasteiger partial charge in [-0.25, -0.2) is 0 Å². The molecule has 0 bridgehead atoms. The van der Waals surface area contributed by atoms with Crippen LogP contribution in [-0.2, 0) is 9.59 Å². The van der Waals surface area contributed by atoms with Gasteiger partial charge in [-0.1, -0.05) is 61.0 Å². The Kier molecular flexibility index (Phi) is 8.54. The predicted octanol–water partition coefficient (Wildman–Crippen LogP) is 6.81. The van der Waals surface area contributed by atoms with Crippen LogP contribution in [0.15, 0.2) is 83.8 Å². The van der Waals surface area contributed by atoms with Gasteiger partial charge in [-0.05, 0) is 60.9 Å². The number of anilines is 2. The second kappa shape index (κ2) is 11.6. The molecular weight excluding hydrogens is 440 g/mol. The highest BCUT2D eigenvalue weighted by atomic mass is 35.5.